The van der Waals surface area contributed by atoms with E-state index in [-0.39, 0.29) is 25.4 Å². The summed E-state index contributed by atoms with van der Waals surface area (Å²) < 4.78 is 18.3. The van der Waals surface area contributed by atoms with Crippen LogP contribution in [0.3, 0.4) is 0 Å². The van der Waals surface area contributed by atoms with Gasteiger partial charge in [0, 0.05) is 18.5 Å². The second-order valence-electron chi connectivity index (χ2n) is 5.01. The summed E-state index contributed by atoms with van der Waals surface area (Å²) in [5.41, 5.74) is 1.42. The monoisotopic (exact) mass is 315 g/mol. The Bertz CT molecular complexity index is 658. The van der Waals surface area contributed by atoms with Gasteiger partial charge in [-0.3, -0.25) is 9.59 Å². The van der Waals surface area contributed by atoms with Gasteiger partial charge in [0.15, 0.2) is 6.61 Å². The molecular formula is C18H18FNO3. The van der Waals surface area contributed by atoms with Crippen LogP contribution in [0, 0.1) is 5.82 Å². The molecule has 0 saturated heterocycles. The molecule has 1 N–H and O–H groups in total. The molecule has 0 aliphatic rings. The van der Waals surface area contributed by atoms with E-state index in [4.69, 9.17) is 4.74 Å². The number of ether oxygens (including phenoxy) is 1. The van der Waals surface area contributed by atoms with Gasteiger partial charge in [-0.2, -0.15) is 0 Å². The number of amides is 1. The quantitative estimate of drug-likeness (QED) is 0.799. The van der Waals surface area contributed by atoms with Gasteiger partial charge < -0.3 is 10.1 Å². The molecule has 4 nitrogen and oxygen atoms in total. The van der Waals surface area contributed by atoms with Crippen molar-refractivity contribution in [3.63, 3.8) is 0 Å². The Balaban J connectivity index is 1.66. The number of esters is 1. The molecule has 23 heavy (non-hydrogen) atoms. The van der Waals surface area contributed by atoms with E-state index >= 15 is 0 Å². The van der Waals surface area contributed by atoms with Crippen molar-refractivity contribution >= 4 is 11.9 Å². The standard InChI is InChI=1S/C18H18FNO3/c19-16-9-5-4-8-15(16)12-20-17(21)13-23-18(22)11-10-14-6-2-1-3-7-14/h1-9H,10-13H2,(H,20,21). The van der Waals surface area contributed by atoms with Crippen LogP contribution in [0.2, 0.25) is 0 Å². The minimum absolute atomic E-state index is 0.0626. The minimum atomic E-state index is -0.457. The number of hydrogen-bond donors (Lipinski definition) is 1. The summed E-state index contributed by atoms with van der Waals surface area (Å²) in [5.74, 6) is -1.27. The van der Waals surface area contributed by atoms with E-state index in [9.17, 15) is 14.0 Å². The van der Waals surface area contributed by atoms with Crippen LogP contribution in [0.15, 0.2) is 54.6 Å². The highest BCUT2D eigenvalue weighted by molar-refractivity contribution is 5.80. The van der Waals surface area contributed by atoms with E-state index in [1.165, 1.54) is 6.07 Å². The Morgan fingerprint density at radius 3 is 2.43 bits per heavy atom. The molecule has 2 rings (SSSR count). The summed E-state index contributed by atoms with van der Waals surface area (Å²) in [6.07, 6.45) is 0.779. The second kappa shape index (κ2) is 8.68. The number of halogens is 1. The molecule has 0 aliphatic heterocycles. The Kier molecular flexibility index (Phi) is 6.29. The fourth-order valence-corrected chi connectivity index (χ4v) is 2.00. The van der Waals surface area contributed by atoms with E-state index < -0.39 is 11.9 Å². The number of aryl methyl sites for hydroxylation is 1. The van der Waals surface area contributed by atoms with Crippen molar-refractivity contribution in [3.05, 3.63) is 71.5 Å². The van der Waals surface area contributed by atoms with Crippen molar-refractivity contribution in [2.45, 2.75) is 19.4 Å². The first-order chi connectivity index (χ1) is 11.1. The highest BCUT2D eigenvalue weighted by Gasteiger charge is 2.08. The van der Waals surface area contributed by atoms with Gasteiger partial charge >= 0.3 is 5.97 Å². The van der Waals surface area contributed by atoms with Crippen molar-refractivity contribution < 1.29 is 18.7 Å². The van der Waals surface area contributed by atoms with E-state index in [0.29, 0.717) is 12.0 Å². The summed E-state index contributed by atoms with van der Waals surface area (Å²) in [7, 11) is 0. The number of rotatable bonds is 7. The average Bonchev–Trinajstić information content (AvgIpc) is 2.58. The van der Waals surface area contributed by atoms with Crippen molar-refractivity contribution in [1.29, 1.82) is 0 Å². The fraction of sp³-hybridized carbons (Fsp3) is 0.222. The molecule has 2 aromatic carbocycles. The zero-order valence-corrected chi connectivity index (χ0v) is 12.6. The molecule has 0 saturated carbocycles. The first kappa shape index (κ1) is 16.7. The first-order valence-corrected chi connectivity index (χ1v) is 7.35. The van der Waals surface area contributed by atoms with Gasteiger partial charge in [-0.05, 0) is 18.1 Å². The number of hydrogen-bond acceptors (Lipinski definition) is 3. The molecule has 1 amide bonds. The van der Waals surface area contributed by atoms with Crippen molar-refractivity contribution in [3.8, 4) is 0 Å². The maximum atomic E-state index is 13.4. The Labute approximate surface area is 134 Å². The van der Waals surface area contributed by atoms with Crippen LogP contribution in [-0.4, -0.2) is 18.5 Å². The van der Waals surface area contributed by atoms with Gasteiger partial charge in [0.2, 0.25) is 0 Å². The van der Waals surface area contributed by atoms with Gasteiger partial charge in [-0.25, -0.2) is 4.39 Å². The third-order valence-electron chi connectivity index (χ3n) is 3.26. The van der Waals surface area contributed by atoms with Gasteiger partial charge in [-0.1, -0.05) is 48.5 Å². The smallest absolute Gasteiger partial charge is 0.306 e. The molecule has 0 fully saturated rings. The second-order valence-corrected chi connectivity index (χ2v) is 5.01. The average molecular weight is 315 g/mol. The Morgan fingerprint density at radius 2 is 1.70 bits per heavy atom. The summed E-state index contributed by atoms with van der Waals surface area (Å²) in [6, 6.07) is 15.7. The van der Waals surface area contributed by atoms with Crippen LogP contribution in [-0.2, 0) is 27.3 Å². The molecular weight excluding hydrogens is 297 g/mol. The molecule has 0 spiro atoms. The largest absolute Gasteiger partial charge is 0.456 e. The summed E-state index contributed by atoms with van der Waals surface area (Å²) in [4.78, 5) is 23.2. The lowest BCUT2D eigenvalue weighted by molar-refractivity contribution is -0.148. The maximum absolute atomic E-state index is 13.4. The predicted molar refractivity (Wildman–Crippen MR) is 84.0 cm³/mol. The van der Waals surface area contributed by atoms with Crippen LogP contribution < -0.4 is 5.32 Å². The lowest BCUT2D eigenvalue weighted by Gasteiger charge is -2.07. The van der Waals surface area contributed by atoms with E-state index in [2.05, 4.69) is 5.32 Å². The molecule has 0 heterocycles. The zero-order chi connectivity index (χ0) is 16.5. The fourth-order valence-electron chi connectivity index (χ4n) is 2.00. The van der Waals surface area contributed by atoms with E-state index in [1.54, 1.807) is 18.2 Å². The third-order valence-corrected chi connectivity index (χ3v) is 3.26. The van der Waals surface area contributed by atoms with Crippen LogP contribution in [0.1, 0.15) is 17.5 Å². The third kappa shape index (κ3) is 5.90. The molecule has 120 valence electrons. The van der Waals surface area contributed by atoms with Gasteiger partial charge in [0.1, 0.15) is 5.82 Å². The van der Waals surface area contributed by atoms with E-state index in [0.717, 1.165) is 5.56 Å². The van der Waals surface area contributed by atoms with Gasteiger partial charge in [0.05, 0.1) is 0 Å². The number of benzene rings is 2. The minimum Gasteiger partial charge on any atom is -0.456 e. The highest BCUT2D eigenvalue weighted by atomic mass is 19.1. The van der Waals surface area contributed by atoms with Gasteiger partial charge in [0.25, 0.3) is 5.91 Å². The molecule has 0 aliphatic carbocycles. The number of carbonyl (C=O) groups excluding carboxylic acids is 2. The lowest BCUT2D eigenvalue weighted by atomic mass is 10.1. The number of carbonyl (C=O) groups is 2. The van der Waals surface area contributed by atoms with Crippen molar-refractivity contribution in [1.82, 2.24) is 5.32 Å². The molecule has 0 unspecified atom stereocenters. The van der Waals surface area contributed by atoms with Crippen molar-refractivity contribution in [2.75, 3.05) is 6.61 Å². The van der Waals surface area contributed by atoms with E-state index in [1.807, 2.05) is 30.3 Å². The molecule has 0 aromatic heterocycles. The Morgan fingerprint density at radius 1 is 1.00 bits per heavy atom. The molecule has 0 atom stereocenters. The van der Waals surface area contributed by atoms with Crippen LogP contribution in [0.25, 0.3) is 0 Å². The predicted octanol–water partition coefficient (Wildman–Crippen LogP) is 2.62. The molecule has 0 radical (unpaired) electrons. The van der Waals surface area contributed by atoms with Crippen LogP contribution >= 0.6 is 0 Å². The van der Waals surface area contributed by atoms with Gasteiger partial charge in [-0.15, -0.1) is 0 Å². The highest BCUT2D eigenvalue weighted by Crippen LogP contribution is 2.05. The maximum Gasteiger partial charge on any atom is 0.306 e. The first-order valence-electron chi connectivity index (χ1n) is 7.35. The Hall–Kier alpha value is -2.69. The summed E-state index contributed by atoms with van der Waals surface area (Å²) in [6.45, 7) is -0.296. The number of nitrogens with one attached hydrogen (secondary N) is 1. The SMILES string of the molecule is O=C(COC(=O)CCc1ccccc1)NCc1ccccc1F. The molecule has 2 aromatic rings. The van der Waals surface area contributed by atoms with Crippen LogP contribution in [0.4, 0.5) is 4.39 Å². The topological polar surface area (TPSA) is 55.4 Å². The van der Waals surface area contributed by atoms with Crippen molar-refractivity contribution in [2.24, 2.45) is 0 Å². The normalized spacial score (nSPS) is 10.1. The molecule has 0 bridgehead atoms. The van der Waals surface area contributed by atoms with Crippen LogP contribution in [0.5, 0.6) is 0 Å². The zero-order valence-electron chi connectivity index (χ0n) is 12.6. The lowest BCUT2D eigenvalue weighted by Crippen LogP contribution is -2.28. The summed E-state index contributed by atoms with van der Waals surface area (Å²) >= 11 is 0. The summed E-state index contributed by atoms with van der Waals surface area (Å²) in [5, 5.41) is 2.51. The molecule has 5 heteroatoms.